The number of amides is 1. The van der Waals surface area contributed by atoms with Gasteiger partial charge >= 0.3 is 0 Å². The smallest absolute Gasteiger partial charge is 0.233 e. The Balaban J connectivity index is 2.28. The number of nitrogens with zero attached hydrogens (tertiary/aromatic N) is 1. The number of para-hydroxylation sites is 1. The van der Waals surface area contributed by atoms with Gasteiger partial charge in [0.1, 0.15) is 4.33 Å². The van der Waals surface area contributed by atoms with Gasteiger partial charge in [-0.15, -0.1) is 23.2 Å². The monoisotopic (exact) mass is 299 g/mol. The van der Waals surface area contributed by atoms with Crippen LogP contribution in [0.25, 0.3) is 0 Å². The molecule has 2 atom stereocenters. The molecule has 0 aliphatic carbocycles. The quantitative estimate of drug-likeness (QED) is 0.764. The van der Waals surface area contributed by atoms with Gasteiger partial charge in [-0.3, -0.25) is 4.79 Å². The van der Waals surface area contributed by atoms with Gasteiger partial charge in [-0.05, 0) is 31.4 Å². The highest BCUT2D eigenvalue weighted by Gasteiger charge is 2.51. The van der Waals surface area contributed by atoms with E-state index in [0.717, 1.165) is 5.69 Å². The first-order chi connectivity index (χ1) is 8.74. The van der Waals surface area contributed by atoms with Crippen molar-refractivity contribution in [1.29, 1.82) is 0 Å². The summed E-state index contributed by atoms with van der Waals surface area (Å²) in [5.41, 5.74) is 0.433. The van der Waals surface area contributed by atoms with E-state index in [1.807, 2.05) is 42.2 Å². The molecule has 4 heteroatoms. The molecule has 19 heavy (non-hydrogen) atoms. The van der Waals surface area contributed by atoms with Crippen LogP contribution in [0.5, 0.6) is 0 Å². The van der Waals surface area contributed by atoms with Crippen molar-refractivity contribution < 1.29 is 4.79 Å². The number of hydrogen-bond donors (Lipinski definition) is 0. The molecular formula is C15H19Cl2NO. The third kappa shape index (κ3) is 2.90. The van der Waals surface area contributed by atoms with Gasteiger partial charge in [-0.1, -0.05) is 32.0 Å². The topological polar surface area (TPSA) is 20.3 Å². The summed E-state index contributed by atoms with van der Waals surface area (Å²) < 4.78 is -0.884. The maximum absolute atomic E-state index is 12.7. The van der Waals surface area contributed by atoms with E-state index in [-0.39, 0.29) is 11.8 Å². The number of carbonyl (C=O) groups is 1. The summed E-state index contributed by atoms with van der Waals surface area (Å²) in [6.07, 6.45) is 0.465. The Bertz CT molecular complexity index is 469. The van der Waals surface area contributed by atoms with Crippen molar-refractivity contribution in [1.82, 2.24) is 0 Å². The standard InChI is InChI=1S/C15H19Cl2NO/c1-11-9-18(12-7-5-4-6-8-12)13(19)14(11,2)10-15(3,16)17/h4-8,11H,9-10H2,1-3H3/t11-,14-/m1/s1. The van der Waals surface area contributed by atoms with Crippen molar-refractivity contribution in [2.75, 3.05) is 11.4 Å². The van der Waals surface area contributed by atoms with Gasteiger partial charge in [0.15, 0.2) is 0 Å². The van der Waals surface area contributed by atoms with Gasteiger partial charge in [-0.25, -0.2) is 0 Å². The molecule has 0 bridgehead atoms. The van der Waals surface area contributed by atoms with Crippen molar-refractivity contribution in [2.24, 2.45) is 11.3 Å². The predicted octanol–water partition coefficient (Wildman–Crippen LogP) is 4.26. The van der Waals surface area contributed by atoms with Crippen LogP contribution in [0.2, 0.25) is 0 Å². The molecule has 1 saturated heterocycles. The van der Waals surface area contributed by atoms with Crippen molar-refractivity contribution >= 4 is 34.8 Å². The molecule has 0 unspecified atom stereocenters. The van der Waals surface area contributed by atoms with Gasteiger partial charge in [0.2, 0.25) is 5.91 Å². The summed E-state index contributed by atoms with van der Waals surface area (Å²) in [5.74, 6) is 0.329. The third-order valence-corrected chi connectivity index (χ3v) is 4.29. The molecule has 0 N–H and O–H groups in total. The van der Waals surface area contributed by atoms with E-state index in [1.165, 1.54) is 0 Å². The molecule has 0 saturated carbocycles. The lowest BCUT2D eigenvalue weighted by atomic mass is 9.76. The maximum Gasteiger partial charge on any atom is 0.233 e. The zero-order chi connectivity index (χ0) is 14.3. The van der Waals surface area contributed by atoms with Gasteiger partial charge in [0, 0.05) is 12.2 Å². The fourth-order valence-electron chi connectivity index (χ4n) is 2.80. The molecule has 1 aliphatic heterocycles. The SMILES string of the molecule is C[C@@H]1CN(c2ccccc2)C(=O)[C@]1(C)CC(C)(Cl)Cl. The molecule has 1 aromatic carbocycles. The van der Waals surface area contributed by atoms with E-state index >= 15 is 0 Å². The molecule has 2 rings (SSSR count). The highest BCUT2D eigenvalue weighted by Crippen LogP contribution is 2.46. The van der Waals surface area contributed by atoms with Crippen molar-refractivity contribution in [3.8, 4) is 0 Å². The highest BCUT2D eigenvalue weighted by atomic mass is 35.5. The third-order valence-electron chi connectivity index (χ3n) is 4.02. The van der Waals surface area contributed by atoms with Crippen LogP contribution >= 0.6 is 23.2 Å². The Hall–Kier alpha value is -0.730. The second kappa shape index (κ2) is 4.99. The molecular weight excluding hydrogens is 281 g/mol. The normalized spacial score (nSPS) is 27.9. The Morgan fingerprint density at radius 1 is 1.37 bits per heavy atom. The first kappa shape index (κ1) is 14.7. The zero-order valence-electron chi connectivity index (χ0n) is 11.5. The van der Waals surface area contributed by atoms with Crippen LogP contribution in [0.4, 0.5) is 5.69 Å². The molecule has 1 heterocycles. The lowest BCUT2D eigenvalue weighted by molar-refractivity contribution is -0.126. The van der Waals surface area contributed by atoms with E-state index in [2.05, 4.69) is 6.92 Å². The molecule has 1 amide bonds. The number of rotatable bonds is 3. The largest absolute Gasteiger partial charge is 0.312 e. The summed E-state index contributed by atoms with van der Waals surface area (Å²) in [7, 11) is 0. The highest BCUT2D eigenvalue weighted by molar-refractivity contribution is 6.48. The van der Waals surface area contributed by atoms with Crippen LogP contribution in [0.15, 0.2) is 30.3 Å². The fraction of sp³-hybridized carbons (Fsp3) is 0.533. The number of hydrogen-bond acceptors (Lipinski definition) is 1. The minimum absolute atomic E-state index is 0.110. The summed E-state index contributed by atoms with van der Waals surface area (Å²) in [5, 5.41) is 0. The molecule has 104 valence electrons. The summed E-state index contributed by atoms with van der Waals surface area (Å²) in [4.78, 5) is 14.6. The first-order valence-electron chi connectivity index (χ1n) is 6.49. The number of halogens is 2. The van der Waals surface area contributed by atoms with Gasteiger partial charge in [0.05, 0.1) is 5.41 Å². The van der Waals surface area contributed by atoms with Gasteiger partial charge < -0.3 is 4.90 Å². The van der Waals surface area contributed by atoms with Crippen LogP contribution < -0.4 is 4.90 Å². The summed E-state index contributed by atoms with van der Waals surface area (Å²) in [6, 6.07) is 9.74. The van der Waals surface area contributed by atoms with Crippen molar-refractivity contribution in [3.05, 3.63) is 30.3 Å². The average Bonchev–Trinajstić information content (AvgIpc) is 2.53. The van der Waals surface area contributed by atoms with E-state index in [1.54, 1.807) is 6.92 Å². The van der Waals surface area contributed by atoms with Crippen LogP contribution in [-0.2, 0) is 4.79 Å². The summed E-state index contributed by atoms with van der Waals surface area (Å²) >= 11 is 12.2. The van der Waals surface area contributed by atoms with Crippen molar-refractivity contribution in [2.45, 2.75) is 31.5 Å². The lowest BCUT2D eigenvalue weighted by Crippen LogP contribution is -2.37. The molecule has 0 aromatic heterocycles. The van der Waals surface area contributed by atoms with E-state index in [0.29, 0.717) is 13.0 Å². The second-order valence-electron chi connectivity index (χ2n) is 5.82. The summed E-state index contributed by atoms with van der Waals surface area (Å²) in [6.45, 7) is 6.50. The van der Waals surface area contributed by atoms with Crippen molar-refractivity contribution in [3.63, 3.8) is 0 Å². The first-order valence-corrected chi connectivity index (χ1v) is 7.24. The maximum atomic E-state index is 12.7. The van der Waals surface area contributed by atoms with Crippen LogP contribution in [0.1, 0.15) is 27.2 Å². The molecule has 1 aliphatic rings. The fourth-order valence-corrected chi connectivity index (χ4v) is 3.36. The van der Waals surface area contributed by atoms with E-state index in [9.17, 15) is 4.79 Å². The molecule has 0 radical (unpaired) electrons. The Labute approximate surface area is 124 Å². The van der Waals surface area contributed by atoms with Gasteiger partial charge in [-0.2, -0.15) is 0 Å². The van der Waals surface area contributed by atoms with Crippen LogP contribution in [-0.4, -0.2) is 16.8 Å². The Morgan fingerprint density at radius 2 is 1.95 bits per heavy atom. The van der Waals surface area contributed by atoms with Crippen LogP contribution in [0, 0.1) is 11.3 Å². The molecule has 1 aromatic rings. The number of alkyl halides is 2. The van der Waals surface area contributed by atoms with E-state index in [4.69, 9.17) is 23.2 Å². The Morgan fingerprint density at radius 3 is 2.47 bits per heavy atom. The molecule has 1 fully saturated rings. The van der Waals surface area contributed by atoms with Crippen LogP contribution in [0.3, 0.4) is 0 Å². The average molecular weight is 300 g/mol. The number of benzene rings is 1. The molecule has 2 nitrogen and oxygen atoms in total. The minimum Gasteiger partial charge on any atom is -0.312 e. The molecule has 0 spiro atoms. The van der Waals surface area contributed by atoms with Gasteiger partial charge in [0.25, 0.3) is 0 Å². The number of carbonyl (C=O) groups excluding carboxylic acids is 1. The Kier molecular flexibility index (Phi) is 3.85. The number of anilines is 1. The van der Waals surface area contributed by atoms with E-state index < -0.39 is 9.75 Å². The predicted molar refractivity (Wildman–Crippen MR) is 80.8 cm³/mol. The lowest BCUT2D eigenvalue weighted by Gasteiger charge is -2.30. The zero-order valence-corrected chi connectivity index (χ0v) is 13.0. The second-order valence-corrected chi connectivity index (χ2v) is 7.68. The minimum atomic E-state index is -0.884.